The molecule has 1 heterocycles. The zero-order chi connectivity index (χ0) is 32.0. The Hall–Kier alpha value is -2.68. The SMILES string of the molecule is C=C(C)[C@@H]1CC[C@]2(C(=O)OCC(=O)O)CC[C@]3(C)[C@H](CC[C@@H]4[C@@]5(C)Cc6cn(CC(=O)O)nc6[C@@](C)(CO)[C@@H]5CC[C@]43C)[C@@H]12. The first-order chi connectivity index (χ1) is 20.6. The quantitative estimate of drug-likeness (QED) is 0.282. The number of allylic oxidation sites excluding steroid dienone is 1. The van der Waals surface area contributed by atoms with Gasteiger partial charge in [-0.05, 0) is 116 Å². The number of fused-ring (bicyclic) bond motifs is 8. The number of carbonyl (C=O) groups excluding carboxylic acids is 1. The molecule has 4 fully saturated rings. The number of nitrogens with zero attached hydrogens (tertiary/aromatic N) is 2. The lowest BCUT2D eigenvalue weighted by atomic mass is 9.32. The van der Waals surface area contributed by atoms with Crippen LogP contribution in [-0.4, -0.2) is 56.2 Å². The van der Waals surface area contributed by atoms with Gasteiger partial charge in [0, 0.05) is 11.6 Å². The second kappa shape index (κ2) is 10.2. The average Bonchev–Trinajstić information content (AvgIpc) is 3.54. The van der Waals surface area contributed by atoms with Gasteiger partial charge in [0.1, 0.15) is 6.54 Å². The van der Waals surface area contributed by atoms with Crippen molar-refractivity contribution in [3.05, 3.63) is 29.6 Å². The lowest BCUT2D eigenvalue weighted by molar-refractivity contribution is -0.231. The molecule has 0 spiro atoms. The Labute approximate surface area is 260 Å². The third-order valence-corrected chi connectivity index (χ3v) is 14.4. The third kappa shape index (κ3) is 4.06. The molecular formula is C35H50N2O7. The van der Waals surface area contributed by atoms with Crippen molar-refractivity contribution in [2.75, 3.05) is 13.2 Å². The van der Waals surface area contributed by atoms with Crippen LogP contribution in [0.1, 0.15) is 97.2 Å². The van der Waals surface area contributed by atoms with Crippen LogP contribution in [0.4, 0.5) is 0 Å². The zero-order valence-electron chi connectivity index (χ0n) is 27.0. The molecule has 5 aliphatic carbocycles. The molecule has 0 unspecified atom stereocenters. The third-order valence-electron chi connectivity index (χ3n) is 14.4. The number of aromatic nitrogens is 2. The van der Waals surface area contributed by atoms with Gasteiger partial charge in [-0.1, -0.05) is 39.8 Å². The summed E-state index contributed by atoms with van der Waals surface area (Å²) in [4.78, 5) is 36.6. The highest BCUT2D eigenvalue weighted by atomic mass is 16.6. The molecule has 0 radical (unpaired) electrons. The molecule has 9 heteroatoms. The summed E-state index contributed by atoms with van der Waals surface area (Å²) in [5.41, 5.74) is 1.63. The molecule has 0 aromatic carbocycles. The molecule has 9 nitrogen and oxygen atoms in total. The maximum Gasteiger partial charge on any atom is 0.341 e. The van der Waals surface area contributed by atoms with E-state index in [0.717, 1.165) is 68.2 Å². The van der Waals surface area contributed by atoms with Crippen LogP contribution >= 0.6 is 0 Å². The minimum absolute atomic E-state index is 0.00849. The summed E-state index contributed by atoms with van der Waals surface area (Å²) in [6.45, 7) is 15.1. The minimum atomic E-state index is -1.13. The Morgan fingerprint density at radius 3 is 2.34 bits per heavy atom. The highest BCUT2D eigenvalue weighted by Gasteiger charge is 2.72. The molecule has 5 aliphatic rings. The predicted molar refractivity (Wildman–Crippen MR) is 163 cm³/mol. The fourth-order valence-electron chi connectivity index (χ4n) is 12.5. The zero-order valence-corrected chi connectivity index (χ0v) is 27.0. The fourth-order valence-corrected chi connectivity index (χ4v) is 12.5. The predicted octanol–water partition coefficient (Wildman–Crippen LogP) is 5.24. The molecule has 44 heavy (non-hydrogen) atoms. The Bertz CT molecular complexity index is 1400. The lowest BCUT2D eigenvalue weighted by Gasteiger charge is -2.72. The van der Waals surface area contributed by atoms with Crippen molar-refractivity contribution in [3.8, 4) is 0 Å². The van der Waals surface area contributed by atoms with Crippen molar-refractivity contribution < 1.29 is 34.4 Å². The first kappa shape index (κ1) is 31.3. The van der Waals surface area contributed by atoms with Crippen LogP contribution in [-0.2, 0) is 37.5 Å². The van der Waals surface area contributed by atoms with E-state index in [-0.39, 0.29) is 53.1 Å². The summed E-state index contributed by atoms with van der Waals surface area (Å²) in [5.74, 6) is -1.22. The Kier molecular flexibility index (Phi) is 7.23. The molecule has 0 bridgehead atoms. The van der Waals surface area contributed by atoms with Crippen molar-refractivity contribution in [3.63, 3.8) is 0 Å². The van der Waals surface area contributed by atoms with E-state index in [0.29, 0.717) is 18.3 Å². The van der Waals surface area contributed by atoms with Gasteiger partial charge in [-0.25, -0.2) is 4.79 Å². The number of hydrogen-bond acceptors (Lipinski definition) is 6. The van der Waals surface area contributed by atoms with Crippen molar-refractivity contribution in [1.29, 1.82) is 0 Å². The fraction of sp³-hybridized carbons (Fsp3) is 0.771. The van der Waals surface area contributed by atoms with Gasteiger partial charge in [0.15, 0.2) is 6.61 Å². The van der Waals surface area contributed by atoms with Gasteiger partial charge in [0.05, 0.1) is 17.7 Å². The van der Waals surface area contributed by atoms with E-state index in [2.05, 4.69) is 41.2 Å². The molecule has 3 N–H and O–H groups in total. The minimum Gasteiger partial charge on any atom is -0.480 e. The Morgan fingerprint density at radius 1 is 0.977 bits per heavy atom. The lowest BCUT2D eigenvalue weighted by Crippen LogP contribution is -2.67. The molecule has 242 valence electrons. The topological polar surface area (TPSA) is 139 Å². The first-order valence-electron chi connectivity index (χ1n) is 16.5. The van der Waals surface area contributed by atoms with Crippen LogP contribution in [0.3, 0.4) is 0 Å². The number of carbonyl (C=O) groups is 3. The molecule has 4 saturated carbocycles. The molecule has 10 atom stereocenters. The van der Waals surface area contributed by atoms with E-state index < -0.39 is 29.4 Å². The molecule has 0 aliphatic heterocycles. The van der Waals surface area contributed by atoms with E-state index in [9.17, 15) is 29.7 Å². The summed E-state index contributed by atoms with van der Waals surface area (Å²) < 4.78 is 6.99. The van der Waals surface area contributed by atoms with Crippen LogP contribution in [0.15, 0.2) is 18.3 Å². The molecular weight excluding hydrogens is 560 g/mol. The maximum atomic E-state index is 13.8. The van der Waals surface area contributed by atoms with Crippen molar-refractivity contribution >= 4 is 17.9 Å². The van der Waals surface area contributed by atoms with E-state index >= 15 is 0 Å². The molecule has 1 aromatic heterocycles. The molecule has 0 saturated heterocycles. The van der Waals surface area contributed by atoms with Crippen LogP contribution in [0.2, 0.25) is 0 Å². The monoisotopic (exact) mass is 610 g/mol. The Balaban J connectivity index is 1.39. The van der Waals surface area contributed by atoms with E-state index in [1.165, 1.54) is 4.68 Å². The van der Waals surface area contributed by atoms with E-state index in [4.69, 9.17) is 9.84 Å². The summed E-state index contributed by atoms with van der Waals surface area (Å²) in [7, 11) is 0. The van der Waals surface area contributed by atoms with Crippen molar-refractivity contribution in [1.82, 2.24) is 9.78 Å². The number of hydrogen-bond donors (Lipinski definition) is 3. The maximum absolute atomic E-state index is 13.8. The molecule has 1 aromatic rings. The normalized spacial score (nSPS) is 43.9. The summed E-state index contributed by atoms with van der Waals surface area (Å²) in [6, 6.07) is 0. The van der Waals surface area contributed by atoms with Crippen molar-refractivity contribution in [2.24, 2.45) is 51.2 Å². The number of carboxylic acids is 2. The highest BCUT2D eigenvalue weighted by molar-refractivity contribution is 5.81. The first-order valence-corrected chi connectivity index (χ1v) is 16.5. The summed E-state index contributed by atoms with van der Waals surface area (Å²) >= 11 is 0. The molecule has 6 rings (SSSR count). The number of carboxylic acid groups (broad SMARTS) is 2. The number of rotatable bonds is 7. The van der Waals surface area contributed by atoms with Gasteiger partial charge >= 0.3 is 17.9 Å². The van der Waals surface area contributed by atoms with Crippen LogP contribution in [0, 0.1) is 51.2 Å². The second-order valence-electron chi connectivity index (χ2n) is 16.2. The van der Waals surface area contributed by atoms with Crippen LogP contribution in [0.5, 0.6) is 0 Å². The van der Waals surface area contributed by atoms with E-state index in [1.807, 2.05) is 6.20 Å². The largest absolute Gasteiger partial charge is 0.480 e. The number of esters is 1. The number of ether oxygens (including phenoxy) is 1. The average molecular weight is 611 g/mol. The number of aliphatic carboxylic acids is 2. The van der Waals surface area contributed by atoms with Gasteiger partial charge in [0.2, 0.25) is 0 Å². The van der Waals surface area contributed by atoms with Crippen molar-refractivity contribution in [2.45, 2.75) is 104 Å². The smallest absolute Gasteiger partial charge is 0.341 e. The Morgan fingerprint density at radius 2 is 1.70 bits per heavy atom. The molecule has 0 amide bonds. The highest BCUT2D eigenvalue weighted by Crippen LogP contribution is 2.77. The number of aliphatic hydroxyl groups is 1. The van der Waals surface area contributed by atoms with Gasteiger partial charge in [-0.3, -0.25) is 14.3 Å². The standard InChI is InChI=1S/C35H50N2O7/c1-20(2)22-9-12-35(30(43)44-18-27(41)42)14-13-33(5)23(28(22)35)7-8-25-31(3)15-21-16-37(17-26(39)40)36-29(21)32(4,19-38)24(31)10-11-34(25,33)6/h16,22-25,28,38H,1,7-15,17-19H2,2-6H3,(H,39,40)(H,41,42)/t22-,23+,24+,25+,28+,31-,32-,33+,34+,35-/m0/s1. The van der Waals surface area contributed by atoms with Gasteiger partial charge in [-0.2, -0.15) is 5.10 Å². The summed E-state index contributed by atoms with van der Waals surface area (Å²) in [5, 5.41) is 34.4. The van der Waals surface area contributed by atoms with Crippen LogP contribution < -0.4 is 0 Å². The van der Waals surface area contributed by atoms with Crippen LogP contribution in [0.25, 0.3) is 0 Å². The van der Waals surface area contributed by atoms with Gasteiger partial charge in [0.25, 0.3) is 0 Å². The summed E-state index contributed by atoms with van der Waals surface area (Å²) in [6.07, 6.45) is 9.89. The van der Waals surface area contributed by atoms with Gasteiger partial charge < -0.3 is 20.1 Å². The van der Waals surface area contributed by atoms with Gasteiger partial charge in [-0.15, -0.1) is 0 Å². The number of aliphatic hydroxyl groups excluding tert-OH is 1. The second-order valence-corrected chi connectivity index (χ2v) is 16.2. The van der Waals surface area contributed by atoms with E-state index in [1.54, 1.807) is 0 Å².